The number of hydrogen-bond donors (Lipinski definition) is 2. The van der Waals surface area contributed by atoms with E-state index < -0.39 is 29.7 Å². The molecule has 0 aliphatic carbocycles. The van der Waals surface area contributed by atoms with Crippen molar-refractivity contribution in [2.24, 2.45) is 0 Å². The molecule has 0 aliphatic rings. The molecule has 0 radical (unpaired) electrons. The zero-order chi connectivity index (χ0) is 15.1. The summed E-state index contributed by atoms with van der Waals surface area (Å²) in [6.07, 6.45) is -0.252. The van der Waals surface area contributed by atoms with Gasteiger partial charge in [0.15, 0.2) is 0 Å². The van der Waals surface area contributed by atoms with Gasteiger partial charge < -0.3 is 19.9 Å². The van der Waals surface area contributed by atoms with Crippen molar-refractivity contribution in [3.05, 3.63) is 0 Å². The van der Waals surface area contributed by atoms with Crippen molar-refractivity contribution in [1.29, 1.82) is 0 Å². The number of ether oxygens (including phenoxy) is 2. The number of esters is 1. The van der Waals surface area contributed by atoms with E-state index in [-0.39, 0.29) is 12.8 Å². The average Bonchev–Trinajstić information content (AvgIpc) is 2.24. The molecule has 1 atom stereocenters. The van der Waals surface area contributed by atoms with Crippen molar-refractivity contribution in [2.45, 2.75) is 51.7 Å². The van der Waals surface area contributed by atoms with Crippen molar-refractivity contribution in [2.75, 3.05) is 7.11 Å². The maximum absolute atomic E-state index is 11.4. The smallest absolute Gasteiger partial charge is 0.408 e. The molecule has 7 nitrogen and oxygen atoms in total. The Hall–Kier alpha value is -1.79. The van der Waals surface area contributed by atoms with Crippen molar-refractivity contribution >= 4 is 18.0 Å². The summed E-state index contributed by atoms with van der Waals surface area (Å²) in [4.78, 5) is 33.3. The summed E-state index contributed by atoms with van der Waals surface area (Å²) in [5.74, 6) is -1.59. The Morgan fingerprint density at radius 1 is 1.26 bits per heavy atom. The Kier molecular flexibility index (Phi) is 6.89. The molecule has 0 heterocycles. The third-order valence-electron chi connectivity index (χ3n) is 2.09. The molecule has 110 valence electrons. The molecule has 0 rings (SSSR count). The molecule has 1 unspecified atom stereocenters. The fourth-order valence-electron chi connectivity index (χ4n) is 1.26. The lowest BCUT2D eigenvalue weighted by Gasteiger charge is -2.21. The van der Waals surface area contributed by atoms with E-state index in [9.17, 15) is 14.4 Å². The lowest BCUT2D eigenvalue weighted by molar-refractivity contribution is -0.142. The molecule has 0 aliphatic heterocycles. The van der Waals surface area contributed by atoms with Crippen molar-refractivity contribution in [3.63, 3.8) is 0 Å². The Labute approximate surface area is 112 Å². The minimum absolute atomic E-state index is 0.107. The Morgan fingerprint density at radius 3 is 2.26 bits per heavy atom. The maximum Gasteiger partial charge on any atom is 0.408 e. The molecule has 7 heteroatoms. The van der Waals surface area contributed by atoms with E-state index in [4.69, 9.17) is 9.84 Å². The van der Waals surface area contributed by atoms with E-state index in [1.165, 1.54) is 7.11 Å². The molecule has 0 bridgehead atoms. The van der Waals surface area contributed by atoms with E-state index in [1.54, 1.807) is 20.8 Å². The van der Waals surface area contributed by atoms with Gasteiger partial charge in [-0.15, -0.1) is 0 Å². The number of hydrogen-bond acceptors (Lipinski definition) is 5. The van der Waals surface area contributed by atoms with Crippen molar-refractivity contribution < 1.29 is 29.0 Å². The number of rotatable bonds is 6. The molecule has 0 aromatic rings. The minimum Gasteiger partial charge on any atom is -0.480 e. The first-order chi connectivity index (χ1) is 8.65. The summed E-state index contributed by atoms with van der Waals surface area (Å²) >= 11 is 0. The van der Waals surface area contributed by atoms with Crippen LogP contribution in [0.25, 0.3) is 0 Å². The van der Waals surface area contributed by atoms with Gasteiger partial charge in [-0.25, -0.2) is 9.59 Å². The number of aliphatic carboxylic acids is 1. The summed E-state index contributed by atoms with van der Waals surface area (Å²) in [6.45, 7) is 5.04. The van der Waals surface area contributed by atoms with Crippen LogP contribution in [0.5, 0.6) is 0 Å². The average molecular weight is 275 g/mol. The third-order valence-corrected chi connectivity index (χ3v) is 2.09. The molecular formula is C12H21NO6. The number of carbonyl (C=O) groups excluding carboxylic acids is 2. The summed E-state index contributed by atoms with van der Waals surface area (Å²) in [7, 11) is 1.26. The lowest BCUT2D eigenvalue weighted by Crippen LogP contribution is -2.43. The molecular weight excluding hydrogens is 254 g/mol. The molecule has 0 saturated heterocycles. The van der Waals surface area contributed by atoms with Crippen LogP contribution in [-0.2, 0) is 19.1 Å². The first kappa shape index (κ1) is 17.2. The van der Waals surface area contributed by atoms with Gasteiger partial charge in [0.25, 0.3) is 0 Å². The van der Waals surface area contributed by atoms with Gasteiger partial charge in [-0.05, 0) is 33.6 Å². The summed E-state index contributed by atoms with van der Waals surface area (Å²) in [5.41, 5.74) is -0.695. The molecule has 1 amide bonds. The number of carboxylic acid groups (broad SMARTS) is 1. The number of alkyl carbamates (subject to hydrolysis) is 1. The minimum atomic E-state index is -1.17. The van der Waals surface area contributed by atoms with Crippen molar-refractivity contribution in [3.8, 4) is 0 Å². The Balaban J connectivity index is 4.23. The fourth-order valence-corrected chi connectivity index (χ4v) is 1.26. The maximum atomic E-state index is 11.4. The van der Waals surface area contributed by atoms with Gasteiger partial charge in [0, 0.05) is 6.42 Å². The first-order valence-electron chi connectivity index (χ1n) is 5.95. The SMILES string of the molecule is COC(=O)CCCC(NC(=O)OC(C)(C)C)C(=O)O. The predicted molar refractivity (Wildman–Crippen MR) is 66.7 cm³/mol. The standard InChI is InChI=1S/C12H21NO6/c1-12(2,3)19-11(17)13-8(10(15)16)6-5-7-9(14)18-4/h8H,5-7H2,1-4H3,(H,13,17)(H,15,16). The third kappa shape index (κ3) is 8.87. The summed E-state index contributed by atoms with van der Waals surface area (Å²) in [6, 6.07) is -1.08. The Morgan fingerprint density at radius 2 is 1.84 bits per heavy atom. The van der Waals surface area contributed by atoms with Gasteiger partial charge in [0.1, 0.15) is 11.6 Å². The molecule has 0 aromatic carbocycles. The van der Waals surface area contributed by atoms with Crippen LogP contribution in [0.4, 0.5) is 4.79 Å². The normalized spacial score (nSPS) is 12.4. The van der Waals surface area contributed by atoms with Crippen LogP contribution < -0.4 is 5.32 Å². The van der Waals surface area contributed by atoms with Crippen LogP contribution in [-0.4, -0.2) is 41.9 Å². The molecule has 0 saturated carbocycles. The second-order valence-corrected chi connectivity index (χ2v) is 5.01. The van der Waals surface area contributed by atoms with Crippen LogP contribution in [0.1, 0.15) is 40.0 Å². The fraction of sp³-hybridized carbons (Fsp3) is 0.750. The number of methoxy groups -OCH3 is 1. The largest absolute Gasteiger partial charge is 0.480 e. The second-order valence-electron chi connectivity index (χ2n) is 5.01. The van der Waals surface area contributed by atoms with E-state index in [0.717, 1.165) is 0 Å². The second kappa shape index (κ2) is 7.60. The topological polar surface area (TPSA) is 102 Å². The van der Waals surface area contributed by atoms with E-state index in [0.29, 0.717) is 6.42 Å². The number of carboxylic acids is 1. The molecule has 0 fully saturated rings. The van der Waals surface area contributed by atoms with Gasteiger partial charge in [-0.1, -0.05) is 0 Å². The molecule has 2 N–H and O–H groups in total. The highest BCUT2D eigenvalue weighted by molar-refractivity contribution is 5.80. The number of amides is 1. The van der Waals surface area contributed by atoms with Crippen LogP contribution in [0.3, 0.4) is 0 Å². The molecule has 0 aromatic heterocycles. The van der Waals surface area contributed by atoms with E-state index in [2.05, 4.69) is 10.1 Å². The molecule has 0 spiro atoms. The van der Waals surface area contributed by atoms with Gasteiger partial charge in [-0.2, -0.15) is 0 Å². The van der Waals surface area contributed by atoms with Crippen molar-refractivity contribution in [1.82, 2.24) is 5.32 Å². The van der Waals surface area contributed by atoms with E-state index in [1.807, 2.05) is 0 Å². The number of nitrogens with one attached hydrogen (secondary N) is 1. The van der Waals surface area contributed by atoms with Crippen LogP contribution in [0.15, 0.2) is 0 Å². The van der Waals surface area contributed by atoms with Gasteiger partial charge in [0.2, 0.25) is 0 Å². The summed E-state index contributed by atoms with van der Waals surface area (Å²) < 4.78 is 9.40. The first-order valence-corrected chi connectivity index (χ1v) is 5.95. The zero-order valence-electron chi connectivity index (χ0n) is 11.7. The van der Waals surface area contributed by atoms with Gasteiger partial charge in [0.05, 0.1) is 7.11 Å². The van der Waals surface area contributed by atoms with E-state index >= 15 is 0 Å². The van der Waals surface area contributed by atoms with Gasteiger partial charge in [-0.3, -0.25) is 4.79 Å². The highest BCUT2D eigenvalue weighted by Gasteiger charge is 2.23. The highest BCUT2D eigenvalue weighted by Crippen LogP contribution is 2.08. The lowest BCUT2D eigenvalue weighted by atomic mass is 10.1. The zero-order valence-corrected chi connectivity index (χ0v) is 11.7. The summed E-state index contributed by atoms with van der Waals surface area (Å²) in [5, 5.41) is 11.2. The van der Waals surface area contributed by atoms with Crippen LogP contribution in [0.2, 0.25) is 0 Å². The molecule has 19 heavy (non-hydrogen) atoms. The van der Waals surface area contributed by atoms with Crippen LogP contribution >= 0.6 is 0 Å². The van der Waals surface area contributed by atoms with Gasteiger partial charge >= 0.3 is 18.0 Å². The Bertz CT molecular complexity index is 334. The van der Waals surface area contributed by atoms with Crippen LogP contribution in [0, 0.1) is 0 Å². The predicted octanol–water partition coefficient (Wildman–Crippen LogP) is 1.31. The number of carbonyl (C=O) groups is 3. The monoisotopic (exact) mass is 275 g/mol. The highest BCUT2D eigenvalue weighted by atomic mass is 16.6. The quantitative estimate of drug-likeness (QED) is 0.708.